The molecule has 0 spiro atoms. The standard InChI is InChI=1S/C11H10F3N5O2/c12-11(13,14)8-3-1-2-7(4-8)9(21-10(15)20)5-19-17-6-16-18-19/h1-4,6,9H,5H2,(H2,15,20). The van der Waals surface area contributed by atoms with Crippen LogP contribution >= 0.6 is 0 Å². The second kappa shape index (κ2) is 5.77. The van der Waals surface area contributed by atoms with Crippen LogP contribution in [0.4, 0.5) is 18.0 Å². The second-order valence-corrected chi connectivity index (χ2v) is 4.04. The van der Waals surface area contributed by atoms with E-state index >= 15 is 0 Å². The molecular weight excluding hydrogens is 291 g/mol. The van der Waals surface area contributed by atoms with Crippen LogP contribution in [-0.2, 0) is 17.5 Å². The van der Waals surface area contributed by atoms with Crippen molar-refractivity contribution >= 4 is 6.09 Å². The molecule has 2 aromatic rings. The van der Waals surface area contributed by atoms with E-state index in [0.717, 1.165) is 23.3 Å². The van der Waals surface area contributed by atoms with E-state index in [2.05, 4.69) is 15.4 Å². The maximum absolute atomic E-state index is 12.7. The number of alkyl halides is 3. The van der Waals surface area contributed by atoms with Gasteiger partial charge in [0.05, 0.1) is 5.56 Å². The lowest BCUT2D eigenvalue weighted by Gasteiger charge is -2.17. The molecule has 1 atom stereocenters. The molecule has 2 N–H and O–H groups in total. The third-order valence-corrected chi connectivity index (χ3v) is 2.56. The lowest BCUT2D eigenvalue weighted by molar-refractivity contribution is -0.137. The average molecular weight is 301 g/mol. The molecule has 0 saturated carbocycles. The predicted molar refractivity (Wildman–Crippen MR) is 62.7 cm³/mol. The molecule has 0 radical (unpaired) electrons. The number of nitrogens with zero attached hydrogens (tertiary/aromatic N) is 4. The summed E-state index contributed by atoms with van der Waals surface area (Å²) in [5.41, 5.74) is 4.20. The summed E-state index contributed by atoms with van der Waals surface area (Å²) in [7, 11) is 0. The summed E-state index contributed by atoms with van der Waals surface area (Å²) in [6.45, 7) is -0.107. The van der Waals surface area contributed by atoms with Crippen molar-refractivity contribution in [2.45, 2.75) is 18.8 Å². The first-order valence-corrected chi connectivity index (χ1v) is 5.70. The molecule has 0 aliphatic carbocycles. The van der Waals surface area contributed by atoms with Gasteiger partial charge in [-0.05, 0) is 22.9 Å². The van der Waals surface area contributed by atoms with Crippen molar-refractivity contribution in [1.82, 2.24) is 20.2 Å². The van der Waals surface area contributed by atoms with E-state index in [1.807, 2.05) is 0 Å². The zero-order valence-electron chi connectivity index (χ0n) is 10.5. The summed E-state index contributed by atoms with van der Waals surface area (Å²) >= 11 is 0. The van der Waals surface area contributed by atoms with Gasteiger partial charge in [-0.3, -0.25) is 0 Å². The second-order valence-electron chi connectivity index (χ2n) is 4.04. The Morgan fingerprint density at radius 2 is 2.19 bits per heavy atom. The van der Waals surface area contributed by atoms with E-state index in [1.54, 1.807) is 0 Å². The Bertz CT molecular complexity index is 615. The molecule has 0 fully saturated rings. The number of amides is 1. The summed E-state index contributed by atoms with van der Waals surface area (Å²) < 4.78 is 42.9. The van der Waals surface area contributed by atoms with Crippen LogP contribution in [0.3, 0.4) is 0 Å². The van der Waals surface area contributed by atoms with Gasteiger partial charge in [0.2, 0.25) is 0 Å². The van der Waals surface area contributed by atoms with Crippen LogP contribution in [-0.4, -0.2) is 26.3 Å². The van der Waals surface area contributed by atoms with Crippen molar-refractivity contribution in [3.63, 3.8) is 0 Å². The zero-order valence-corrected chi connectivity index (χ0v) is 10.5. The molecule has 1 amide bonds. The van der Waals surface area contributed by atoms with Crippen molar-refractivity contribution in [3.8, 4) is 0 Å². The Hall–Kier alpha value is -2.65. The van der Waals surface area contributed by atoms with Crippen molar-refractivity contribution in [3.05, 3.63) is 41.7 Å². The maximum Gasteiger partial charge on any atom is 0.416 e. The van der Waals surface area contributed by atoms with Crippen LogP contribution < -0.4 is 5.73 Å². The van der Waals surface area contributed by atoms with Crippen LogP contribution in [0, 0.1) is 0 Å². The zero-order chi connectivity index (χ0) is 15.5. The van der Waals surface area contributed by atoms with Crippen molar-refractivity contribution in [2.75, 3.05) is 0 Å². The number of aromatic nitrogens is 4. The minimum atomic E-state index is -4.50. The van der Waals surface area contributed by atoms with Gasteiger partial charge in [0.1, 0.15) is 6.54 Å². The van der Waals surface area contributed by atoms with Gasteiger partial charge in [0, 0.05) is 0 Å². The summed E-state index contributed by atoms with van der Waals surface area (Å²) in [5.74, 6) is 0. The summed E-state index contributed by atoms with van der Waals surface area (Å²) in [5, 5.41) is 10.7. The molecule has 21 heavy (non-hydrogen) atoms. The minimum Gasteiger partial charge on any atom is -0.439 e. The van der Waals surface area contributed by atoms with E-state index in [-0.39, 0.29) is 12.1 Å². The van der Waals surface area contributed by atoms with Crippen LogP contribution in [0.5, 0.6) is 0 Å². The number of benzene rings is 1. The fraction of sp³-hybridized carbons (Fsp3) is 0.273. The molecule has 0 aliphatic rings. The third-order valence-electron chi connectivity index (χ3n) is 2.56. The summed E-state index contributed by atoms with van der Waals surface area (Å²) in [6, 6.07) is 4.40. The SMILES string of the molecule is NC(=O)OC(Cn1ncnn1)c1cccc(C(F)(F)F)c1. The van der Waals surface area contributed by atoms with Crippen LogP contribution in [0.2, 0.25) is 0 Å². The number of rotatable bonds is 4. The molecular formula is C11H10F3N5O2. The Morgan fingerprint density at radius 1 is 1.43 bits per heavy atom. The topological polar surface area (TPSA) is 95.9 Å². The number of primary amides is 1. The molecule has 1 unspecified atom stereocenters. The highest BCUT2D eigenvalue weighted by atomic mass is 19.4. The molecule has 0 saturated heterocycles. The largest absolute Gasteiger partial charge is 0.439 e. The quantitative estimate of drug-likeness (QED) is 0.923. The molecule has 112 valence electrons. The Kier molecular flexibility index (Phi) is 4.05. The fourth-order valence-electron chi connectivity index (χ4n) is 1.69. The number of carbonyl (C=O) groups is 1. The van der Waals surface area contributed by atoms with Gasteiger partial charge < -0.3 is 10.5 Å². The molecule has 0 bridgehead atoms. The van der Waals surface area contributed by atoms with Crippen molar-refractivity contribution in [1.29, 1.82) is 0 Å². The molecule has 1 aromatic carbocycles. The molecule has 1 heterocycles. The summed E-state index contributed by atoms with van der Waals surface area (Å²) in [4.78, 5) is 12.0. The lowest BCUT2D eigenvalue weighted by Crippen LogP contribution is -2.22. The smallest absolute Gasteiger partial charge is 0.416 e. The van der Waals surface area contributed by atoms with Gasteiger partial charge in [-0.1, -0.05) is 12.1 Å². The fourth-order valence-corrected chi connectivity index (χ4v) is 1.69. The van der Waals surface area contributed by atoms with Gasteiger partial charge in [-0.25, -0.2) is 4.79 Å². The van der Waals surface area contributed by atoms with Gasteiger partial charge >= 0.3 is 12.3 Å². The highest BCUT2D eigenvalue weighted by Crippen LogP contribution is 2.31. The highest BCUT2D eigenvalue weighted by molar-refractivity contribution is 5.65. The van der Waals surface area contributed by atoms with Crippen molar-refractivity contribution in [2.24, 2.45) is 5.73 Å². The monoisotopic (exact) mass is 301 g/mol. The number of nitrogens with two attached hydrogens (primary N) is 1. The molecule has 0 aliphatic heterocycles. The first-order valence-electron chi connectivity index (χ1n) is 5.70. The number of hydrogen-bond donors (Lipinski definition) is 1. The maximum atomic E-state index is 12.7. The number of carbonyl (C=O) groups excluding carboxylic acids is 1. The van der Waals surface area contributed by atoms with Crippen molar-refractivity contribution < 1.29 is 22.7 Å². The molecule has 10 heteroatoms. The number of halogens is 3. The lowest BCUT2D eigenvalue weighted by atomic mass is 10.1. The highest BCUT2D eigenvalue weighted by Gasteiger charge is 2.31. The van der Waals surface area contributed by atoms with E-state index in [1.165, 1.54) is 12.1 Å². The van der Waals surface area contributed by atoms with E-state index in [0.29, 0.717) is 0 Å². The van der Waals surface area contributed by atoms with Gasteiger partial charge in [0.15, 0.2) is 12.4 Å². The van der Waals surface area contributed by atoms with E-state index in [9.17, 15) is 18.0 Å². The van der Waals surface area contributed by atoms with Crippen LogP contribution in [0.1, 0.15) is 17.2 Å². The van der Waals surface area contributed by atoms with Gasteiger partial charge in [-0.15, -0.1) is 10.2 Å². The Balaban J connectivity index is 2.29. The van der Waals surface area contributed by atoms with E-state index < -0.39 is 23.9 Å². The predicted octanol–water partition coefficient (Wildman–Crippen LogP) is 1.53. The Labute approximate surface area is 116 Å². The normalized spacial score (nSPS) is 12.9. The molecule has 2 rings (SSSR count). The van der Waals surface area contributed by atoms with Gasteiger partial charge in [0.25, 0.3) is 0 Å². The summed E-state index contributed by atoms with van der Waals surface area (Å²) in [6.07, 6.45) is -5.52. The average Bonchev–Trinajstić information content (AvgIpc) is 2.89. The van der Waals surface area contributed by atoms with E-state index in [4.69, 9.17) is 10.5 Å². The van der Waals surface area contributed by atoms with Gasteiger partial charge in [-0.2, -0.15) is 18.0 Å². The molecule has 1 aromatic heterocycles. The van der Waals surface area contributed by atoms with Crippen LogP contribution in [0.25, 0.3) is 0 Å². The molecule has 7 nitrogen and oxygen atoms in total. The first kappa shape index (κ1) is 14.8. The number of tetrazole rings is 1. The van der Waals surface area contributed by atoms with Crippen LogP contribution in [0.15, 0.2) is 30.6 Å². The minimum absolute atomic E-state index is 0.107. The first-order chi connectivity index (χ1) is 9.86. The number of hydrogen-bond acceptors (Lipinski definition) is 5. The Morgan fingerprint density at radius 3 is 2.76 bits per heavy atom. The number of ether oxygens (including phenoxy) is 1. The third kappa shape index (κ3) is 3.91.